The topological polar surface area (TPSA) is 9.23 Å². The maximum atomic E-state index is 6.78. The first-order valence-electron chi connectivity index (χ1n) is 6.59. The number of thiophene rings is 1. The Balaban J connectivity index is 1.97. The number of halogens is 1. The molecule has 0 fully saturated rings. The lowest BCUT2D eigenvalue weighted by atomic mass is 9.87. The molecule has 1 aliphatic heterocycles. The van der Waals surface area contributed by atoms with Gasteiger partial charge in [-0.3, -0.25) is 0 Å². The third kappa shape index (κ3) is 2.39. The fourth-order valence-electron chi connectivity index (χ4n) is 2.81. The summed E-state index contributed by atoms with van der Waals surface area (Å²) < 4.78 is 5.72. The van der Waals surface area contributed by atoms with E-state index in [4.69, 9.17) is 16.3 Å². The fraction of sp³-hybridized carbons (Fsp3) is 0.375. The van der Waals surface area contributed by atoms with E-state index in [1.54, 1.807) is 0 Å². The summed E-state index contributed by atoms with van der Waals surface area (Å²) in [6, 6.07) is 10.5. The van der Waals surface area contributed by atoms with E-state index in [0.717, 1.165) is 18.8 Å². The van der Waals surface area contributed by atoms with Crippen molar-refractivity contribution in [2.45, 2.75) is 31.6 Å². The van der Waals surface area contributed by atoms with E-state index in [1.807, 2.05) is 23.5 Å². The smallest absolute Gasteiger partial charge is 0.122 e. The highest BCUT2D eigenvalue weighted by atomic mass is 35.5. The summed E-state index contributed by atoms with van der Waals surface area (Å²) >= 11 is 8.61. The van der Waals surface area contributed by atoms with Crippen molar-refractivity contribution in [1.82, 2.24) is 0 Å². The molecular weight excluding hydrogens is 276 g/mol. The van der Waals surface area contributed by atoms with Gasteiger partial charge in [-0.15, -0.1) is 22.9 Å². The largest absolute Gasteiger partial charge is 0.493 e. The number of hydrogen-bond acceptors (Lipinski definition) is 2. The quantitative estimate of drug-likeness (QED) is 0.690. The van der Waals surface area contributed by atoms with Gasteiger partial charge >= 0.3 is 0 Å². The summed E-state index contributed by atoms with van der Waals surface area (Å²) in [6.45, 7) is 5.06. The molecule has 0 N–H and O–H groups in total. The Morgan fingerprint density at radius 1 is 1.32 bits per heavy atom. The predicted octanol–water partition coefficient (Wildman–Crippen LogP) is 5.21. The van der Waals surface area contributed by atoms with Gasteiger partial charge in [-0.1, -0.05) is 18.2 Å². The zero-order valence-corrected chi connectivity index (χ0v) is 12.7. The van der Waals surface area contributed by atoms with E-state index < -0.39 is 0 Å². The number of alkyl halides is 1. The minimum Gasteiger partial charge on any atom is -0.493 e. The van der Waals surface area contributed by atoms with Crippen molar-refractivity contribution in [3.8, 4) is 5.75 Å². The van der Waals surface area contributed by atoms with Crippen LogP contribution in [-0.4, -0.2) is 6.61 Å². The van der Waals surface area contributed by atoms with Crippen LogP contribution in [0.5, 0.6) is 5.75 Å². The normalized spacial score (nSPS) is 19.6. The molecule has 0 aliphatic carbocycles. The lowest BCUT2D eigenvalue weighted by molar-refractivity contribution is 0.265. The Kier molecular flexibility index (Phi) is 3.55. The molecule has 0 radical (unpaired) electrons. The molecule has 2 heterocycles. The van der Waals surface area contributed by atoms with Crippen LogP contribution in [-0.2, 0) is 0 Å². The van der Waals surface area contributed by atoms with Crippen molar-refractivity contribution in [2.24, 2.45) is 0 Å². The molecule has 1 aromatic carbocycles. The molecule has 19 heavy (non-hydrogen) atoms. The highest BCUT2D eigenvalue weighted by Crippen LogP contribution is 2.46. The van der Waals surface area contributed by atoms with Gasteiger partial charge in [-0.2, -0.15) is 0 Å². The first-order chi connectivity index (χ1) is 9.16. The van der Waals surface area contributed by atoms with Crippen LogP contribution >= 0.6 is 22.9 Å². The number of fused-ring (bicyclic) bond motifs is 1. The molecule has 0 amide bonds. The highest BCUT2D eigenvalue weighted by molar-refractivity contribution is 7.12. The van der Waals surface area contributed by atoms with Crippen LogP contribution in [0.3, 0.4) is 0 Å². The number of para-hydroxylation sites is 1. The molecule has 0 spiro atoms. The molecule has 0 saturated heterocycles. The Labute approximate surface area is 123 Å². The molecule has 3 heteroatoms. The van der Waals surface area contributed by atoms with Gasteiger partial charge in [0.1, 0.15) is 5.75 Å². The summed E-state index contributed by atoms with van der Waals surface area (Å²) in [4.78, 5) is 2.67. The Bertz CT molecular complexity index is 590. The van der Waals surface area contributed by atoms with Crippen LogP contribution in [0.25, 0.3) is 0 Å². The van der Waals surface area contributed by atoms with Gasteiger partial charge in [-0.25, -0.2) is 0 Å². The van der Waals surface area contributed by atoms with Crippen molar-refractivity contribution >= 4 is 22.9 Å². The van der Waals surface area contributed by atoms with E-state index in [0.29, 0.717) is 5.92 Å². The second kappa shape index (κ2) is 5.18. The van der Waals surface area contributed by atoms with Gasteiger partial charge in [0, 0.05) is 15.7 Å². The van der Waals surface area contributed by atoms with Gasteiger partial charge in [-0.05, 0) is 43.5 Å². The Morgan fingerprint density at radius 2 is 2.11 bits per heavy atom. The molecule has 2 atom stereocenters. The first-order valence-corrected chi connectivity index (χ1v) is 7.85. The van der Waals surface area contributed by atoms with Crippen LogP contribution in [0.4, 0.5) is 0 Å². The average Bonchev–Trinajstić information content (AvgIpc) is 2.76. The van der Waals surface area contributed by atoms with Crippen molar-refractivity contribution in [3.63, 3.8) is 0 Å². The third-order valence-electron chi connectivity index (χ3n) is 3.73. The lowest BCUT2D eigenvalue weighted by Crippen LogP contribution is -2.17. The predicted molar refractivity (Wildman–Crippen MR) is 81.7 cm³/mol. The van der Waals surface area contributed by atoms with Crippen molar-refractivity contribution in [3.05, 3.63) is 51.2 Å². The van der Waals surface area contributed by atoms with Crippen LogP contribution in [0.1, 0.15) is 38.6 Å². The standard InChI is InChI=1S/C16H17ClOS/c1-10-9-14(11(2)19-10)16(17)13-7-8-18-15-6-4-3-5-12(13)15/h3-6,9,13,16H,7-8H2,1-2H3. The zero-order valence-electron chi connectivity index (χ0n) is 11.2. The van der Waals surface area contributed by atoms with Crippen LogP contribution in [0, 0.1) is 13.8 Å². The molecule has 1 aliphatic rings. The Hall–Kier alpha value is -0.990. The van der Waals surface area contributed by atoms with Crippen molar-refractivity contribution in [1.29, 1.82) is 0 Å². The van der Waals surface area contributed by atoms with Gasteiger partial charge in [0.2, 0.25) is 0 Å². The number of aryl methyl sites for hydroxylation is 2. The van der Waals surface area contributed by atoms with Gasteiger partial charge in [0.15, 0.2) is 0 Å². The molecule has 2 unspecified atom stereocenters. The molecule has 0 saturated carbocycles. The van der Waals surface area contributed by atoms with E-state index in [-0.39, 0.29) is 5.38 Å². The third-order valence-corrected chi connectivity index (χ3v) is 5.26. The number of hydrogen-bond donors (Lipinski definition) is 0. The second-order valence-corrected chi connectivity index (χ2v) is 6.98. The molecule has 1 aromatic heterocycles. The second-order valence-electron chi connectivity index (χ2n) is 5.05. The number of benzene rings is 1. The zero-order chi connectivity index (χ0) is 13.4. The monoisotopic (exact) mass is 292 g/mol. The maximum Gasteiger partial charge on any atom is 0.122 e. The average molecular weight is 293 g/mol. The summed E-state index contributed by atoms with van der Waals surface area (Å²) in [5, 5.41) is 0.0370. The van der Waals surface area contributed by atoms with E-state index in [1.165, 1.54) is 20.9 Å². The molecule has 100 valence electrons. The summed E-state index contributed by atoms with van der Waals surface area (Å²) in [5.41, 5.74) is 2.53. The SMILES string of the molecule is Cc1cc(C(Cl)C2CCOc3ccccc32)c(C)s1. The maximum absolute atomic E-state index is 6.78. The first kappa shape index (κ1) is 13.0. The molecule has 2 aromatic rings. The molecular formula is C16H17ClOS. The fourth-order valence-corrected chi connectivity index (χ4v) is 4.34. The van der Waals surface area contributed by atoms with Gasteiger partial charge < -0.3 is 4.74 Å². The van der Waals surface area contributed by atoms with Crippen molar-refractivity contribution in [2.75, 3.05) is 6.61 Å². The Morgan fingerprint density at radius 3 is 2.84 bits per heavy atom. The minimum atomic E-state index is 0.0370. The van der Waals surface area contributed by atoms with E-state index in [9.17, 15) is 0 Å². The van der Waals surface area contributed by atoms with Crippen molar-refractivity contribution < 1.29 is 4.74 Å². The summed E-state index contributed by atoms with van der Waals surface area (Å²) in [6.07, 6.45) is 0.986. The van der Waals surface area contributed by atoms with Crippen LogP contribution < -0.4 is 4.74 Å². The van der Waals surface area contributed by atoms with Gasteiger partial charge in [0.05, 0.1) is 12.0 Å². The number of ether oxygens (including phenoxy) is 1. The van der Waals surface area contributed by atoms with Gasteiger partial charge in [0.25, 0.3) is 0 Å². The van der Waals surface area contributed by atoms with E-state index >= 15 is 0 Å². The molecule has 3 rings (SSSR count). The van der Waals surface area contributed by atoms with E-state index in [2.05, 4.69) is 32.0 Å². The van der Waals surface area contributed by atoms with Crippen LogP contribution in [0.15, 0.2) is 30.3 Å². The minimum absolute atomic E-state index is 0.0370. The summed E-state index contributed by atoms with van der Waals surface area (Å²) in [5.74, 6) is 1.34. The van der Waals surface area contributed by atoms with Crippen LogP contribution in [0.2, 0.25) is 0 Å². The summed E-state index contributed by atoms with van der Waals surface area (Å²) in [7, 11) is 0. The number of rotatable bonds is 2. The highest BCUT2D eigenvalue weighted by Gasteiger charge is 2.29. The molecule has 0 bridgehead atoms. The molecule has 1 nitrogen and oxygen atoms in total. The lowest BCUT2D eigenvalue weighted by Gasteiger charge is -2.29.